The Balaban J connectivity index is 1.74. The Bertz CT molecular complexity index is 1090. The zero-order valence-electron chi connectivity index (χ0n) is 19.8. The number of methoxy groups -OCH3 is 1. The number of hydrogen-bond donors (Lipinski definition) is 1. The lowest BCUT2D eigenvalue weighted by atomic mass is 9.74. The molecule has 0 bridgehead atoms. The molecule has 9 heteroatoms. The predicted molar refractivity (Wildman–Crippen MR) is 123 cm³/mol. The van der Waals surface area contributed by atoms with Crippen molar-refractivity contribution in [3.05, 3.63) is 29.8 Å². The summed E-state index contributed by atoms with van der Waals surface area (Å²) in [5, 5.41) is 2.84. The normalized spacial score (nSPS) is 27.9. The molecular weight excluding hydrogens is 438 g/mol. The van der Waals surface area contributed by atoms with Gasteiger partial charge in [0.2, 0.25) is 11.8 Å². The third kappa shape index (κ3) is 3.58. The summed E-state index contributed by atoms with van der Waals surface area (Å²) in [4.78, 5) is 55.6. The zero-order chi connectivity index (χ0) is 24.8. The Labute approximate surface area is 198 Å². The molecule has 180 valence electrons. The van der Waals surface area contributed by atoms with Crippen molar-refractivity contribution in [1.29, 1.82) is 0 Å². The lowest BCUT2D eigenvalue weighted by Crippen LogP contribution is -2.56. The number of para-hydroxylation sites is 1. The van der Waals surface area contributed by atoms with Crippen molar-refractivity contribution in [3.63, 3.8) is 0 Å². The van der Waals surface area contributed by atoms with E-state index in [1.54, 1.807) is 45.0 Å². The van der Waals surface area contributed by atoms with Gasteiger partial charge in [0, 0.05) is 18.7 Å². The fourth-order valence-electron chi connectivity index (χ4n) is 5.31. The molecular formula is C25H29N3O6. The van der Waals surface area contributed by atoms with Crippen molar-refractivity contribution in [2.75, 3.05) is 19.0 Å². The summed E-state index contributed by atoms with van der Waals surface area (Å²) in [6.07, 6.45) is 6.32. The Hall–Kier alpha value is -3.54. The maximum Gasteiger partial charge on any atom is 0.410 e. The summed E-state index contributed by atoms with van der Waals surface area (Å²) in [7, 11) is 1.23. The van der Waals surface area contributed by atoms with E-state index in [0.717, 1.165) is 0 Å². The molecule has 0 aliphatic carbocycles. The molecule has 0 saturated carbocycles. The van der Waals surface area contributed by atoms with Crippen LogP contribution in [0.15, 0.2) is 24.3 Å². The number of rotatable bonds is 2. The molecule has 34 heavy (non-hydrogen) atoms. The molecule has 1 N–H and O–H groups in total. The van der Waals surface area contributed by atoms with Crippen molar-refractivity contribution in [2.24, 2.45) is 0 Å². The van der Waals surface area contributed by atoms with Gasteiger partial charge in [0.25, 0.3) is 0 Å². The number of benzene rings is 1. The first-order valence-electron chi connectivity index (χ1n) is 11.3. The number of hydrogen-bond acceptors (Lipinski definition) is 6. The highest BCUT2D eigenvalue weighted by molar-refractivity contribution is 6.09. The third-order valence-corrected chi connectivity index (χ3v) is 6.71. The van der Waals surface area contributed by atoms with Gasteiger partial charge in [-0.15, -0.1) is 6.42 Å². The molecule has 3 aliphatic heterocycles. The van der Waals surface area contributed by atoms with E-state index in [4.69, 9.17) is 15.9 Å². The average molecular weight is 468 g/mol. The Morgan fingerprint density at radius 2 is 1.91 bits per heavy atom. The van der Waals surface area contributed by atoms with E-state index in [1.807, 2.05) is 0 Å². The maximum absolute atomic E-state index is 13.9. The average Bonchev–Trinajstić information content (AvgIpc) is 3.47. The quantitative estimate of drug-likeness (QED) is 0.527. The van der Waals surface area contributed by atoms with Gasteiger partial charge >= 0.3 is 12.1 Å². The number of terminal acetylenes is 1. The minimum atomic E-state index is -1.30. The van der Waals surface area contributed by atoms with E-state index in [0.29, 0.717) is 30.6 Å². The van der Waals surface area contributed by atoms with Crippen molar-refractivity contribution in [3.8, 4) is 12.3 Å². The van der Waals surface area contributed by atoms with Crippen molar-refractivity contribution >= 4 is 29.6 Å². The summed E-state index contributed by atoms with van der Waals surface area (Å²) in [6, 6.07) is 4.15. The fourth-order valence-corrected chi connectivity index (χ4v) is 5.31. The number of nitrogens with one attached hydrogen (secondary N) is 1. The molecule has 0 aromatic heterocycles. The number of likely N-dealkylation sites (tertiary alicyclic amines) is 2. The van der Waals surface area contributed by atoms with Gasteiger partial charge in [-0.25, -0.2) is 9.59 Å². The highest BCUT2D eigenvalue weighted by Gasteiger charge is 2.64. The lowest BCUT2D eigenvalue weighted by molar-refractivity contribution is -0.153. The van der Waals surface area contributed by atoms with E-state index in [2.05, 4.69) is 11.2 Å². The molecule has 9 nitrogen and oxygen atoms in total. The number of carbonyl (C=O) groups excluding carboxylic acids is 4. The monoisotopic (exact) mass is 467 g/mol. The highest BCUT2D eigenvalue weighted by Crippen LogP contribution is 2.50. The summed E-state index contributed by atoms with van der Waals surface area (Å²) >= 11 is 0. The van der Waals surface area contributed by atoms with Crippen LogP contribution in [0.2, 0.25) is 0 Å². The van der Waals surface area contributed by atoms with Gasteiger partial charge in [0.05, 0.1) is 7.11 Å². The van der Waals surface area contributed by atoms with Crippen LogP contribution in [0, 0.1) is 12.3 Å². The van der Waals surface area contributed by atoms with Crippen molar-refractivity contribution in [1.82, 2.24) is 9.80 Å². The van der Waals surface area contributed by atoms with Crippen LogP contribution in [0.25, 0.3) is 0 Å². The van der Waals surface area contributed by atoms with Crippen LogP contribution in [0.3, 0.4) is 0 Å². The number of carbonyl (C=O) groups is 4. The number of ether oxygens (including phenoxy) is 2. The van der Waals surface area contributed by atoms with Crippen LogP contribution >= 0.6 is 0 Å². The molecule has 3 aliphatic rings. The number of anilines is 1. The second-order valence-electron chi connectivity index (χ2n) is 9.86. The Morgan fingerprint density at radius 3 is 2.56 bits per heavy atom. The van der Waals surface area contributed by atoms with E-state index in [9.17, 15) is 19.2 Å². The first-order valence-corrected chi connectivity index (χ1v) is 11.3. The van der Waals surface area contributed by atoms with Gasteiger partial charge in [-0.05, 0) is 45.2 Å². The molecule has 4 atom stereocenters. The summed E-state index contributed by atoms with van der Waals surface area (Å²) in [5.74, 6) is 1.10. The van der Waals surface area contributed by atoms with E-state index >= 15 is 0 Å². The van der Waals surface area contributed by atoms with Crippen molar-refractivity contribution < 1.29 is 28.7 Å². The van der Waals surface area contributed by atoms with E-state index < -0.39 is 47.1 Å². The number of nitrogens with zero attached hydrogens (tertiary/aromatic N) is 2. The van der Waals surface area contributed by atoms with Crippen molar-refractivity contribution in [2.45, 2.75) is 69.2 Å². The van der Waals surface area contributed by atoms with Crippen LogP contribution in [0.4, 0.5) is 10.5 Å². The first kappa shape index (κ1) is 23.6. The molecule has 1 aromatic carbocycles. The second kappa shape index (κ2) is 8.35. The number of esters is 1. The van der Waals surface area contributed by atoms with Crippen LogP contribution in [0.1, 0.15) is 45.6 Å². The molecule has 2 fully saturated rings. The molecule has 1 aromatic rings. The molecule has 2 saturated heterocycles. The summed E-state index contributed by atoms with van der Waals surface area (Å²) in [5.41, 5.74) is -0.786. The summed E-state index contributed by atoms with van der Waals surface area (Å²) in [6.45, 7) is 5.59. The minimum Gasteiger partial charge on any atom is -0.467 e. The highest BCUT2D eigenvalue weighted by atomic mass is 16.6. The van der Waals surface area contributed by atoms with Gasteiger partial charge < -0.3 is 19.7 Å². The van der Waals surface area contributed by atoms with E-state index in [-0.39, 0.29) is 12.3 Å². The standard InChI is InChI=1S/C25H29N3O6/c1-6-19-25(15-10-7-8-11-16(15)26-22(25)31)14-18(21(30)33-5)28(19)20(29)17-12-9-13-27(17)23(32)34-24(2,3)4/h1,7-8,10-11,17-19H,9,12-14H2,2-5H3,(H,26,31)/t17-,18+,19-,25-/m0/s1. The number of fused-ring (bicyclic) bond motifs is 2. The van der Waals surface area contributed by atoms with Gasteiger partial charge in [0.1, 0.15) is 29.1 Å². The molecule has 1 spiro atoms. The van der Waals surface area contributed by atoms with Gasteiger partial charge in [-0.1, -0.05) is 24.1 Å². The molecule has 3 amide bonds. The van der Waals surface area contributed by atoms with Crippen LogP contribution < -0.4 is 5.32 Å². The van der Waals surface area contributed by atoms with Crippen LogP contribution in [-0.4, -0.2) is 71.1 Å². The Morgan fingerprint density at radius 1 is 1.21 bits per heavy atom. The lowest BCUT2D eigenvalue weighted by Gasteiger charge is -2.35. The summed E-state index contributed by atoms with van der Waals surface area (Å²) < 4.78 is 10.5. The van der Waals surface area contributed by atoms with E-state index in [1.165, 1.54) is 16.9 Å². The van der Waals surface area contributed by atoms with Gasteiger partial charge in [-0.3, -0.25) is 14.5 Å². The largest absolute Gasteiger partial charge is 0.467 e. The second-order valence-corrected chi connectivity index (χ2v) is 9.86. The van der Waals surface area contributed by atoms with Gasteiger partial charge in [-0.2, -0.15) is 0 Å². The Kier molecular flexibility index (Phi) is 5.80. The molecule has 0 unspecified atom stereocenters. The third-order valence-electron chi connectivity index (χ3n) is 6.71. The number of amides is 3. The maximum atomic E-state index is 13.9. The smallest absolute Gasteiger partial charge is 0.410 e. The zero-order valence-corrected chi connectivity index (χ0v) is 19.8. The predicted octanol–water partition coefficient (Wildman–Crippen LogP) is 2.05. The first-order chi connectivity index (χ1) is 16.0. The van der Waals surface area contributed by atoms with Crippen LogP contribution in [0.5, 0.6) is 0 Å². The SMILES string of the molecule is C#C[C@@H]1N(C(=O)[C@@H]2CCCN2C(=O)OC(C)(C)C)[C@@H](C(=O)OC)C[C@@]12C(=O)Nc1ccccc12. The minimum absolute atomic E-state index is 0.0116. The molecule has 3 heterocycles. The van der Waals surface area contributed by atoms with Crippen LogP contribution in [-0.2, 0) is 29.3 Å². The fraction of sp³-hybridized carbons (Fsp3) is 0.520. The molecule has 4 rings (SSSR count). The van der Waals surface area contributed by atoms with Gasteiger partial charge in [0.15, 0.2) is 0 Å². The topological polar surface area (TPSA) is 105 Å². The molecule has 0 radical (unpaired) electrons.